The summed E-state index contributed by atoms with van der Waals surface area (Å²) < 4.78 is 6.02. The molecule has 16 heavy (non-hydrogen) atoms. The largest absolute Gasteiger partial charge is 0.372 e. The van der Waals surface area contributed by atoms with Crippen molar-refractivity contribution in [3.05, 3.63) is 0 Å². The number of rotatable bonds is 7. The molecule has 1 aliphatic heterocycles. The molecule has 0 radical (unpaired) electrons. The second kappa shape index (κ2) is 7.25. The van der Waals surface area contributed by atoms with Crippen molar-refractivity contribution in [2.75, 3.05) is 26.7 Å². The van der Waals surface area contributed by atoms with Gasteiger partial charge in [-0.25, -0.2) is 0 Å². The fourth-order valence-corrected chi connectivity index (χ4v) is 2.40. The van der Waals surface area contributed by atoms with Gasteiger partial charge in [-0.1, -0.05) is 6.92 Å². The lowest BCUT2D eigenvalue weighted by Gasteiger charge is -2.28. The Kier molecular flexibility index (Phi) is 6.32. The third kappa shape index (κ3) is 4.40. The fraction of sp³-hybridized carbons (Fsp3) is 1.00. The van der Waals surface area contributed by atoms with Crippen LogP contribution in [0, 0.1) is 0 Å². The van der Waals surface area contributed by atoms with Crippen molar-refractivity contribution in [2.45, 2.75) is 58.3 Å². The minimum Gasteiger partial charge on any atom is -0.372 e. The number of hydrogen-bond acceptors (Lipinski definition) is 3. The van der Waals surface area contributed by atoms with Crippen LogP contribution in [-0.4, -0.2) is 49.8 Å². The first-order valence-electron chi connectivity index (χ1n) is 6.71. The maximum absolute atomic E-state index is 6.02. The zero-order valence-electron chi connectivity index (χ0n) is 11.3. The van der Waals surface area contributed by atoms with Gasteiger partial charge in [-0.2, -0.15) is 0 Å². The molecule has 1 aliphatic rings. The van der Waals surface area contributed by atoms with Crippen molar-refractivity contribution in [3.8, 4) is 0 Å². The Bertz CT molecular complexity index is 185. The Balaban J connectivity index is 2.30. The van der Waals surface area contributed by atoms with Gasteiger partial charge in [0.1, 0.15) is 0 Å². The summed E-state index contributed by atoms with van der Waals surface area (Å²) in [6, 6.07) is 0.631. The van der Waals surface area contributed by atoms with E-state index in [9.17, 15) is 0 Å². The van der Waals surface area contributed by atoms with Gasteiger partial charge in [0.2, 0.25) is 0 Å². The van der Waals surface area contributed by atoms with Crippen LogP contribution in [0.25, 0.3) is 0 Å². The number of ether oxygens (including phenoxy) is 1. The molecule has 3 nitrogen and oxygen atoms in total. The summed E-state index contributed by atoms with van der Waals surface area (Å²) in [6.45, 7) is 10.1. The van der Waals surface area contributed by atoms with Crippen LogP contribution >= 0.6 is 0 Å². The molecule has 0 aliphatic carbocycles. The van der Waals surface area contributed by atoms with Crippen molar-refractivity contribution in [2.24, 2.45) is 0 Å². The van der Waals surface area contributed by atoms with E-state index < -0.39 is 0 Å². The molecule has 1 fully saturated rings. The monoisotopic (exact) mass is 228 g/mol. The molecular weight excluding hydrogens is 200 g/mol. The summed E-state index contributed by atoms with van der Waals surface area (Å²) in [5, 5.41) is 3.19. The van der Waals surface area contributed by atoms with Crippen molar-refractivity contribution in [1.82, 2.24) is 10.2 Å². The molecule has 0 saturated carbocycles. The van der Waals surface area contributed by atoms with Crippen LogP contribution in [0.1, 0.15) is 40.0 Å². The number of likely N-dealkylation sites (N-methyl/N-ethyl adjacent to an activating group) is 1. The predicted octanol–water partition coefficient (Wildman–Crippen LogP) is 1.87. The molecule has 96 valence electrons. The normalized spacial score (nSPS) is 25.9. The summed E-state index contributed by atoms with van der Waals surface area (Å²) >= 11 is 0. The molecule has 0 aromatic carbocycles. The fourth-order valence-electron chi connectivity index (χ4n) is 2.40. The van der Waals surface area contributed by atoms with Crippen LogP contribution in [0.3, 0.4) is 0 Å². The van der Waals surface area contributed by atoms with Gasteiger partial charge < -0.3 is 10.1 Å². The van der Waals surface area contributed by atoms with Gasteiger partial charge in [-0.05, 0) is 46.7 Å². The maximum atomic E-state index is 6.02. The summed E-state index contributed by atoms with van der Waals surface area (Å²) in [5.41, 5.74) is 0. The standard InChI is InChI=1S/C13H28N2O/c1-5-8-15(11(2)3)10-13-7-6-12(16-13)9-14-4/h11-14H,5-10H2,1-4H3. The van der Waals surface area contributed by atoms with Crippen LogP contribution in [0.15, 0.2) is 0 Å². The van der Waals surface area contributed by atoms with Crippen LogP contribution in [-0.2, 0) is 4.74 Å². The predicted molar refractivity (Wildman–Crippen MR) is 68.8 cm³/mol. The van der Waals surface area contributed by atoms with Crippen LogP contribution in [0.2, 0.25) is 0 Å². The molecule has 0 bridgehead atoms. The summed E-state index contributed by atoms with van der Waals surface area (Å²) in [4.78, 5) is 2.53. The quantitative estimate of drug-likeness (QED) is 0.720. The van der Waals surface area contributed by atoms with Gasteiger partial charge in [0.15, 0.2) is 0 Å². The zero-order valence-corrected chi connectivity index (χ0v) is 11.3. The van der Waals surface area contributed by atoms with E-state index in [0.29, 0.717) is 18.2 Å². The molecule has 1 rings (SSSR count). The molecule has 0 aromatic heterocycles. The Morgan fingerprint density at radius 2 is 2.00 bits per heavy atom. The molecule has 3 heteroatoms. The lowest BCUT2D eigenvalue weighted by Crippen LogP contribution is -2.38. The lowest BCUT2D eigenvalue weighted by molar-refractivity contribution is 0.0180. The molecule has 1 saturated heterocycles. The molecule has 0 spiro atoms. The molecular formula is C13H28N2O. The van der Waals surface area contributed by atoms with E-state index in [2.05, 4.69) is 31.0 Å². The third-order valence-corrected chi connectivity index (χ3v) is 3.31. The molecule has 2 unspecified atom stereocenters. The SMILES string of the molecule is CCCN(CC1CCC(CNC)O1)C(C)C. The van der Waals surface area contributed by atoms with Crippen LogP contribution in [0.4, 0.5) is 0 Å². The Morgan fingerprint density at radius 1 is 1.31 bits per heavy atom. The second-order valence-corrected chi connectivity index (χ2v) is 5.10. The van der Waals surface area contributed by atoms with Gasteiger partial charge in [-0.3, -0.25) is 4.90 Å². The number of hydrogen-bond donors (Lipinski definition) is 1. The average Bonchev–Trinajstić information content (AvgIpc) is 2.65. The van der Waals surface area contributed by atoms with E-state index in [4.69, 9.17) is 4.74 Å². The summed E-state index contributed by atoms with van der Waals surface area (Å²) in [5.74, 6) is 0. The van der Waals surface area contributed by atoms with Crippen LogP contribution in [0.5, 0.6) is 0 Å². The Labute approximate surface area is 101 Å². The molecule has 0 amide bonds. The van der Waals surface area contributed by atoms with Gasteiger partial charge in [0, 0.05) is 19.1 Å². The topological polar surface area (TPSA) is 24.5 Å². The first kappa shape index (κ1) is 13.9. The highest BCUT2D eigenvalue weighted by Crippen LogP contribution is 2.20. The lowest BCUT2D eigenvalue weighted by atomic mass is 10.1. The highest BCUT2D eigenvalue weighted by molar-refractivity contribution is 4.78. The zero-order chi connectivity index (χ0) is 12.0. The highest BCUT2D eigenvalue weighted by atomic mass is 16.5. The van der Waals surface area contributed by atoms with Crippen molar-refractivity contribution < 1.29 is 4.74 Å². The summed E-state index contributed by atoms with van der Waals surface area (Å²) in [6.07, 6.45) is 4.55. The van der Waals surface area contributed by atoms with Gasteiger partial charge in [0.05, 0.1) is 12.2 Å². The van der Waals surface area contributed by atoms with E-state index in [1.807, 2.05) is 7.05 Å². The smallest absolute Gasteiger partial charge is 0.0707 e. The molecule has 0 aromatic rings. The first-order chi connectivity index (χ1) is 7.67. The molecule has 2 atom stereocenters. The minimum absolute atomic E-state index is 0.436. The van der Waals surface area contributed by atoms with Crippen molar-refractivity contribution in [1.29, 1.82) is 0 Å². The Morgan fingerprint density at radius 3 is 2.56 bits per heavy atom. The van der Waals surface area contributed by atoms with Gasteiger partial charge in [0.25, 0.3) is 0 Å². The number of nitrogens with one attached hydrogen (secondary N) is 1. The van der Waals surface area contributed by atoms with Crippen molar-refractivity contribution in [3.63, 3.8) is 0 Å². The maximum Gasteiger partial charge on any atom is 0.0707 e. The average molecular weight is 228 g/mol. The van der Waals surface area contributed by atoms with E-state index in [1.165, 1.54) is 25.8 Å². The third-order valence-electron chi connectivity index (χ3n) is 3.31. The Hall–Kier alpha value is -0.120. The van der Waals surface area contributed by atoms with E-state index >= 15 is 0 Å². The summed E-state index contributed by atoms with van der Waals surface area (Å²) in [7, 11) is 1.99. The van der Waals surface area contributed by atoms with Gasteiger partial charge in [-0.15, -0.1) is 0 Å². The van der Waals surface area contributed by atoms with Crippen LogP contribution < -0.4 is 5.32 Å². The highest BCUT2D eigenvalue weighted by Gasteiger charge is 2.26. The first-order valence-corrected chi connectivity index (χ1v) is 6.71. The van der Waals surface area contributed by atoms with Gasteiger partial charge >= 0.3 is 0 Å². The van der Waals surface area contributed by atoms with Crippen molar-refractivity contribution >= 4 is 0 Å². The van der Waals surface area contributed by atoms with E-state index in [0.717, 1.165) is 13.1 Å². The molecule has 1 heterocycles. The van der Waals surface area contributed by atoms with E-state index in [-0.39, 0.29) is 0 Å². The minimum atomic E-state index is 0.436. The van der Waals surface area contributed by atoms with E-state index in [1.54, 1.807) is 0 Å². The second-order valence-electron chi connectivity index (χ2n) is 5.10. The molecule has 1 N–H and O–H groups in total. The number of nitrogens with zero attached hydrogens (tertiary/aromatic N) is 1.